The number of carbonyl (C=O) groups excluding carboxylic acids is 1. The molecule has 0 aromatic carbocycles. The van der Waals surface area contributed by atoms with Crippen LogP contribution in [0.3, 0.4) is 0 Å². The number of rotatable bonds is 0. The minimum Gasteiger partial charge on any atom is -0.433 e. The molecule has 0 aromatic heterocycles. The smallest absolute Gasteiger partial charge is 0.331 e. The van der Waals surface area contributed by atoms with Gasteiger partial charge in [0.05, 0.1) is 6.26 Å². The molecule has 0 radical (unpaired) electrons. The fourth-order valence-electron chi connectivity index (χ4n) is 2.52. The summed E-state index contributed by atoms with van der Waals surface area (Å²) in [6.45, 7) is 4.01. The van der Waals surface area contributed by atoms with Gasteiger partial charge in [-0.05, 0) is 31.3 Å². The lowest BCUT2D eigenvalue weighted by Crippen LogP contribution is -2.57. The van der Waals surface area contributed by atoms with Crippen LogP contribution in [0.15, 0.2) is 11.8 Å². The van der Waals surface area contributed by atoms with Gasteiger partial charge in [0.25, 0.3) is 0 Å². The van der Waals surface area contributed by atoms with Crippen LogP contribution in [0, 0.1) is 11.8 Å². The van der Waals surface area contributed by atoms with Gasteiger partial charge in [0, 0.05) is 5.92 Å². The third-order valence-electron chi connectivity index (χ3n) is 3.54. The van der Waals surface area contributed by atoms with E-state index in [9.17, 15) is 4.79 Å². The summed E-state index contributed by atoms with van der Waals surface area (Å²) < 4.78 is 4.95. The Hall–Kier alpha value is -0.830. The van der Waals surface area contributed by atoms with Crippen LogP contribution in [0.25, 0.3) is 0 Å². The fraction of sp³-hybridized carbons (Fsp3) is 0.700. The molecule has 3 atom stereocenters. The van der Waals surface area contributed by atoms with Crippen molar-refractivity contribution in [3.63, 3.8) is 0 Å². The fourth-order valence-corrected chi connectivity index (χ4v) is 2.52. The molecule has 3 nitrogen and oxygen atoms in total. The lowest BCUT2D eigenvalue weighted by atomic mass is 9.78. The third kappa shape index (κ3) is 0.967. The van der Waals surface area contributed by atoms with Crippen molar-refractivity contribution in [2.24, 2.45) is 17.6 Å². The molecule has 1 aliphatic heterocycles. The molecule has 0 aromatic rings. The van der Waals surface area contributed by atoms with Crippen molar-refractivity contribution in [1.29, 1.82) is 0 Å². The van der Waals surface area contributed by atoms with E-state index < -0.39 is 5.54 Å². The topological polar surface area (TPSA) is 52.3 Å². The van der Waals surface area contributed by atoms with E-state index in [1.165, 1.54) is 0 Å². The number of ether oxygens (including phenoxy) is 1. The van der Waals surface area contributed by atoms with Crippen LogP contribution < -0.4 is 5.73 Å². The van der Waals surface area contributed by atoms with Crippen molar-refractivity contribution in [3.8, 4) is 0 Å². The largest absolute Gasteiger partial charge is 0.433 e. The highest BCUT2D eigenvalue weighted by Crippen LogP contribution is 2.45. The van der Waals surface area contributed by atoms with Crippen LogP contribution in [0.4, 0.5) is 0 Å². The minimum absolute atomic E-state index is 0.198. The van der Waals surface area contributed by atoms with E-state index in [-0.39, 0.29) is 17.8 Å². The number of fused-ring (bicyclic) bond motifs is 1. The number of esters is 1. The first-order valence-corrected chi connectivity index (χ1v) is 4.73. The monoisotopic (exact) mass is 181 g/mol. The highest BCUT2D eigenvalue weighted by atomic mass is 16.5. The van der Waals surface area contributed by atoms with E-state index in [1.54, 1.807) is 6.26 Å². The van der Waals surface area contributed by atoms with E-state index in [0.717, 1.165) is 18.4 Å². The number of hydrogen-bond donors (Lipinski definition) is 1. The third-order valence-corrected chi connectivity index (χ3v) is 3.54. The highest BCUT2D eigenvalue weighted by molar-refractivity contribution is 5.84. The maximum Gasteiger partial charge on any atom is 0.331 e. The van der Waals surface area contributed by atoms with E-state index >= 15 is 0 Å². The Morgan fingerprint density at radius 3 is 2.92 bits per heavy atom. The van der Waals surface area contributed by atoms with E-state index in [0.29, 0.717) is 0 Å². The first-order valence-electron chi connectivity index (χ1n) is 4.73. The Morgan fingerprint density at radius 2 is 2.31 bits per heavy atom. The summed E-state index contributed by atoms with van der Waals surface area (Å²) in [4.78, 5) is 11.6. The van der Waals surface area contributed by atoms with Crippen LogP contribution in [-0.2, 0) is 9.53 Å². The van der Waals surface area contributed by atoms with Gasteiger partial charge in [0.1, 0.15) is 5.54 Å². The first kappa shape index (κ1) is 8.75. The summed E-state index contributed by atoms with van der Waals surface area (Å²) in [6.07, 6.45) is 3.58. The maximum atomic E-state index is 11.6. The quantitative estimate of drug-likeness (QED) is 0.571. The molecule has 0 amide bonds. The first-order chi connectivity index (χ1) is 6.06. The zero-order chi connectivity index (χ0) is 9.64. The van der Waals surface area contributed by atoms with Crippen LogP contribution in [0.2, 0.25) is 0 Å². The van der Waals surface area contributed by atoms with Crippen molar-refractivity contribution in [2.45, 2.75) is 32.2 Å². The molecule has 1 fully saturated rings. The Bertz CT molecular complexity index is 285. The van der Waals surface area contributed by atoms with Gasteiger partial charge < -0.3 is 10.5 Å². The van der Waals surface area contributed by atoms with Gasteiger partial charge in [-0.3, -0.25) is 0 Å². The maximum absolute atomic E-state index is 11.6. The molecule has 0 spiro atoms. The number of hydrogen-bond acceptors (Lipinski definition) is 3. The second-order valence-corrected chi connectivity index (χ2v) is 4.23. The summed E-state index contributed by atoms with van der Waals surface area (Å²) in [5.74, 6) is 0.172. The Balaban J connectivity index is 2.43. The molecule has 2 rings (SSSR count). The van der Waals surface area contributed by atoms with Gasteiger partial charge in [0.15, 0.2) is 0 Å². The number of carbonyl (C=O) groups is 1. The SMILES string of the molecule is CC1=COC(=O)[C@@]2(N)[C@@H]1CC[C@@H]2C. The molecule has 3 heteroatoms. The number of nitrogens with two attached hydrogens (primary N) is 1. The molecular weight excluding hydrogens is 166 g/mol. The van der Waals surface area contributed by atoms with Gasteiger partial charge in [0.2, 0.25) is 0 Å². The molecule has 0 unspecified atom stereocenters. The summed E-state index contributed by atoms with van der Waals surface area (Å²) >= 11 is 0. The van der Waals surface area contributed by atoms with Crippen molar-refractivity contribution in [3.05, 3.63) is 11.8 Å². The minimum atomic E-state index is -0.751. The van der Waals surface area contributed by atoms with Crippen LogP contribution >= 0.6 is 0 Å². The van der Waals surface area contributed by atoms with Crippen molar-refractivity contribution in [2.75, 3.05) is 0 Å². The van der Waals surface area contributed by atoms with Gasteiger partial charge >= 0.3 is 5.97 Å². The highest BCUT2D eigenvalue weighted by Gasteiger charge is 2.54. The van der Waals surface area contributed by atoms with E-state index in [2.05, 4.69) is 0 Å². The average Bonchev–Trinajstić information content (AvgIpc) is 2.39. The molecule has 1 saturated carbocycles. The van der Waals surface area contributed by atoms with Gasteiger partial charge in [-0.1, -0.05) is 6.92 Å². The predicted molar refractivity (Wildman–Crippen MR) is 48.7 cm³/mol. The average molecular weight is 181 g/mol. The van der Waals surface area contributed by atoms with Gasteiger partial charge in [-0.2, -0.15) is 0 Å². The van der Waals surface area contributed by atoms with Crippen molar-refractivity contribution >= 4 is 5.97 Å². The summed E-state index contributed by atoms with van der Waals surface area (Å²) in [5.41, 5.74) is 6.48. The normalized spacial score (nSPS) is 43.9. The Kier molecular flexibility index (Phi) is 1.74. The Morgan fingerprint density at radius 1 is 1.62 bits per heavy atom. The van der Waals surface area contributed by atoms with Gasteiger partial charge in [-0.25, -0.2) is 4.79 Å². The summed E-state index contributed by atoms with van der Waals surface area (Å²) in [5, 5.41) is 0. The van der Waals surface area contributed by atoms with Crippen LogP contribution in [0.5, 0.6) is 0 Å². The second kappa shape index (κ2) is 2.58. The molecule has 1 heterocycles. The van der Waals surface area contributed by atoms with Crippen LogP contribution in [0.1, 0.15) is 26.7 Å². The molecule has 2 N–H and O–H groups in total. The van der Waals surface area contributed by atoms with Gasteiger partial charge in [-0.15, -0.1) is 0 Å². The Labute approximate surface area is 77.9 Å². The lowest BCUT2D eigenvalue weighted by molar-refractivity contribution is -0.148. The molecular formula is C10H15NO2. The predicted octanol–water partition coefficient (Wildman–Crippen LogP) is 1.19. The second-order valence-electron chi connectivity index (χ2n) is 4.23. The molecule has 0 saturated heterocycles. The van der Waals surface area contributed by atoms with Crippen molar-refractivity contribution < 1.29 is 9.53 Å². The standard InChI is InChI=1S/C10H15NO2/c1-6-5-13-9(12)10(11)7(2)3-4-8(6)10/h5,7-8H,3-4,11H2,1-2H3/t7-,8+,10-/m0/s1. The lowest BCUT2D eigenvalue weighted by Gasteiger charge is -2.35. The molecule has 0 bridgehead atoms. The molecule has 2 aliphatic rings. The summed E-state index contributed by atoms with van der Waals surface area (Å²) in [7, 11) is 0. The molecule has 13 heavy (non-hydrogen) atoms. The molecule has 1 aliphatic carbocycles. The zero-order valence-corrected chi connectivity index (χ0v) is 8.04. The van der Waals surface area contributed by atoms with Crippen molar-refractivity contribution in [1.82, 2.24) is 0 Å². The number of cyclic esters (lactones) is 1. The van der Waals surface area contributed by atoms with E-state index in [1.807, 2.05) is 13.8 Å². The van der Waals surface area contributed by atoms with Crippen LogP contribution in [-0.4, -0.2) is 11.5 Å². The summed E-state index contributed by atoms with van der Waals surface area (Å²) in [6, 6.07) is 0. The van der Waals surface area contributed by atoms with E-state index in [4.69, 9.17) is 10.5 Å². The molecule has 72 valence electrons. The zero-order valence-electron chi connectivity index (χ0n) is 8.04.